The minimum Gasteiger partial charge on any atom is -0.361 e. The molecule has 0 radical (unpaired) electrons. The SMILES string of the molecule is CC1(CNc2nc3ccc(Cl)cc3s2)CCCC1. The van der Waals surface area contributed by atoms with E-state index in [1.165, 1.54) is 25.7 Å². The Labute approximate surface area is 116 Å². The summed E-state index contributed by atoms with van der Waals surface area (Å²) in [5, 5.41) is 5.29. The van der Waals surface area contributed by atoms with Crippen molar-refractivity contribution in [1.29, 1.82) is 0 Å². The molecule has 1 aliphatic rings. The van der Waals surface area contributed by atoms with Gasteiger partial charge in [0.2, 0.25) is 0 Å². The van der Waals surface area contributed by atoms with E-state index in [2.05, 4.69) is 17.2 Å². The zero-order chi connectivity index (χ0) is 12.6. The number of anilines is 1. The van der Waals surface area contributed by atoms with Crippen molar-refractivity contribution in [2.75, 3.05) is 11.9 Å². The van der Waals surface area contributed by atoms with Crippen LogP contribution in [0.1, 0.15) is 32.6 Å². The lowest BCUT2D eigenvalue weighted by Crippen LogP contribution is -2.22. The highest BCUT2D eigenvalue weighted by Gasteiger charge is 2.28. The number of hydrogen-bond acceptors (Lipinski definition) is 3. The molecule has 0 amide bonds. The Balaban J connectivity index is 1.74. The van der Waals surface area contributed by atoms with Crippen molar-refractivity contribution in [2.45, 2.75) is 32.6 Å². The lowest BCUT2D eigenvalue weighted by molar-refractivity contribution is 0.362. The fourth-order valence-corrected chi connectivity index (χ4v) is 3.81. The van der Waals surface area contributed by atoms with Crippen LogP contribution in [0.5, 0.6) is 0 Å². The molecule has 2 aromatic rings. The number of hydrogen-bond donors (Lipinski definition) is 1. The average molecular weight is 281 g/mol. The van der Waals surface area contributed by atoms with Crippen LogP contribution in [0.3, 0.4) is 0 Å². The number of nitrogens with zero attached hydrogens (tertiary/aromatic N) is 1. The summed E-state index contributed by atoms with van der Waals surface area (Å²) in [7, 11) is 0. The van der Waals surface area contributed by atoms with Gasteiger partial charge in [0.05, 0.1) is 10.2 Å². The van der Waals surface area contributed by atoms with Gasteiger partial charge in [0.15, 0.2) is 5.13 Å². The van der Waals surface area contributed by atoms with Crippen LogP contribution in [-0.2, 0) is 0 Å². The number of aromatic nitrogens is 1. The fraction of sp³-hybridized carbons (Fsp3) is 0.500. The molecule has 0 atom stereocenters. The van der Waals surface area contributed by atoms with Gasteiger partial charge in [0.25, 0.3) is 0 Å². The molecule has 0 saturated heterocycles. The van der Waals surface area contributed by atoms with Crippen molar-refractivity contribution in [3.63, 3.8) is 0 Å². The van der Waals surface area contributed by atoms with E-state index in [1.807, 2.05) is 18.2 Å². The fourth-order valence-electron chi connectivity index (χ4n) is 2.67. The van der Waals surface area contributed by atoms with Gasteiger partial charge in [-0.05, 0) is 36.5 Å². The standard InChI is InChI=1S/C14H17ClN2S/c1-14(6-2-3-7-14)9-16-13-17-11-5-4-10(15)8-12(11)18-13/h4-5,8H,2-3,6-7,9H2,1H3,(H,16,17). The number of thiazole rings is 1. The molecule has 4 heteroatoms. The minimum absolute atomic E-state index is 0.454. The summed E-state index contributed by atoms with van der Waals surface area (Å²) in [6.07, 6.45) is 5.40. The molecule has 1 saturated carbocycles. The number of halogens is 1. The molecule has 96 valence electrons. The quantitative estimate of drug-likeness (QED) is 0.861. The van der Waals surface area contributed by atoms with Crippen molar-refractivity contribution in [2.24, 2.45) is 5.41 Å². The summed E-state index contributed by atoms with van der Waals surface area (Å²) >= 11 is 7.68. The van der Waals surface area contributed by atoms with E-state index in [0.717, 1.165) is 26.9 Å². The second kappa shape index (κ2) is 4.71. The van der Waals surface area contributed by atoms with Crippen molar-refractivity contribution < 1.29 is 0 Å². The maximum absolute atomic E-state index is 5.99. The first-order valence-electron chi connectivity index (χ1n) is 6.45. The Bertz CT molecular complexity index is 558. The van der Waals surface area contributed by atoms with Crippen LogP contribution >= 0.6 is 22.9 Å². The van der Waals surface area contributed by atoms with Gasteiger partial charge in [-0.3, -0.25) is 0 Å². The number of nitrogens with one attached hydrogen (secondary N) is 1. The highest BCUT2D eigenvalue weighted by molar-refractivity contribution is 7.22. The molecule has 1 aliphatic carbocycles. The zero-order valence-electron chi connectivity index (χ0n) is 10.5. The third-order valence-electron chi connectivity index (χ3n) is 3.83. The van der Waals surface area contributed by atoms with E-state index in [9.17, 15) is 0 Å². The molecular formula is C14H17ClN2S. The lowest BCUT2D eigenvalue weighted by Gasteiger charge is -2.23. The van der Waals surface area contributed by atoms with Crippen molar-refractivity contribution in [3.05, 3.63) is 23.2 Å². The summed E-state index contributed by atoms with van der Waals surface area (Å²) in [5.74, 6) is 0. The summed E-state index contributed by atoms with van der Waals surface area (Å²) in [4.78, 5) is 4.59. The third-order valence-corrected chi connectivity index (χ3v) is 5.04. The van der Waals surface area contributed by atoms with E-state index < -0.39 is 0 Å². The first kappa shape index (κ1) is 12.2. The van der Waals surface area contributed by atoms with Gasteiger partial charge in [0, 0.05) is 11.6 Å². The first-order chi connectivity index (χ1) is 8.65. The summed E-state index contributed by atoms with van der Waals surface area (Å²) in [6, 6.07) is 5.86. The van der Waals surface area contributed by atoms with Gasteiger partial charge in [0.1, 0.15) is 0 Å². The summed E-state index contributed by atoms with van der Waals surface area (Å²) in [6.45, 7) is 3.40. The predicted octanol–water partition coefficient (Wildman–Crippen LogP) is 4.94. The maximum atomic E-state index is 5.99. The van der Waals surface area contributed by atoms with Crippen LogP contribution in [0.25, 0.3) is 10.2 Å². The largest absolute Gasteiger partial charge is 0.361 e. The minimum atomic E-state index is 0.454. The van der Waals surface area contributed by atoms with E-state index in [1.54, 1.807) is 11.3 Å². The zero-order valence-corrected chi connectivity index (χ0v) is 12.1. The summed E-state index contributed by atoms with van der Waals surface area (Å²) < 4.78 is 1.15. The van der Waals surface area contributed by atoms with E-state index in [0.29, 0.717) is 5.41 Å². The van der Waals surface area contributed by atoms with E-state index in [4.69, 9.17) is 11.6 Å². The topological polar surface area (TPSA) is 24.9 Å². The Kier molecular flexibility index (Phi) is 3.20. The molecular weight excluding hydrogens is 264 g/mol. The second-order valence-corrected chi connectivity index (χ2v) is 6.97. The first-order valence-corrected chi connectivity index (χ1v) is 7.64. The molecule has 0 unspecified atom stereocenters. The van der Waals surface area contributed by atoms with Crippen LogP contribution in [-0.4, -0.2) is 11.5 Å². The van der Waals surface area contributed by atoms with Crippen molar-refractivity contribution in [3.8, 4) is 0 Å². The van der Waals surface area contributed by atoms with Gasteiger partial charge in [-0.25, -0.2) is 4.98 Å². The average Bonchev–Trinajstić information content (AvgIpc) is 2.93. The Morgan fingerprint density at radius 1 is 1.39 bits per heavy atom. The summed E-state index contributed by atoms with van der Waals surface area (Å²) in [5.41, 5.74) is 1.48. The van der Waals surface area contributed by atoms with Crippen molar-refractivity contribution >= 4 is 38.3 Å². The van der Waals surface area contributed by atoms with Crippen LogP contribution in [0, 0.1) is 5.41 Å². The molecule has 3 rings (SSSR count). The van der Waals surface area contributed by atoms with Gasteiger partial charge in [-0.15, -0.1) is 0 Å². The van der Waals surface area contributed by atoms with Crippen LogP contribution in [0.15, 0.2) is 18.2 Å². The third kappa shape index (κ3) is 2.47. The molecule has 0 aliphatic heterocycles. The molecule has 1 fully saturated rings. The number of benzene rings is 1. The second-order valence-electron chi connectivity index (χ2n) is 5.50. The molecule has 1 heterocycles. The van der Waals surface area contributed by atoms with Gasteiger partial charge in [-0.1, -0.05) is 42.7 Å². The smallest absolute Gasteiger partial charge is 0.183 e. The highest BCUT2D eigenvalue weighted by atomic mass is 35.5. The molecule has 2 nitrogen and oxygen atoms in total. The van der Waals surface area contributed by atoms with E-state index in [-0.39, 0.29) is 0 Å². The predicted molar refractivity (Wildman–Crippen MR) is 79.7 cm³/mol. The van der Waals surface area contributed by atoms with Gasteiger partial charge >= 0.3 is 0 Å². The number of fused-ring (bicyclic) bond motifs is 1. The maximum Gasteiger partial charge on any atom is 0.183 e. The van der Waals surface area contributed by atoms with Crippen molar-refractivity contribution in [1.82, 2.24) is 4.98 Å². The normalized spacial score (nSPS) is 18.3. The Hall–Kier alpha value is -0.800. The molecule has 0 bridgehead atoms. The van der Waals surface area contributed by atoms with Gasteiger partial charge in [-0.2, -0.15) is 0 Å². The van der Waals surface area contributed by atoms with Gasteiger partial charge < -0.3 is 5.32 Å². The molecule has 1 aromatic heterocycles. The molecule has 18 heavy (non-hydrogen) atoms. The number of rotatable bonds is 3. The Morgan fingerprint density at radius 2 is 2.17 bits per heavy atom. The van der Waals surface area contributed by atoms with E-state index >= 15 is 0 Å². The highest BCUT2D eigenvalue weighted by Crippen LogP contribution is 2.38. The monoisotopic (exact) mass is 280 g/mol. The van der Waals surface area contributed by atoms with Crippen LogP contribution < -0.4 is 5.32 Å². The Morgan fingerprint density at radius 3 is 2.94 bits per heavy atom. The molecule has 1 N–H and O–H groups in total. The molecule has 1 aromatic carbocycles. The lowest BCUT2D eigenvalue weighted by atomic mass is 9.89. The van der Waals surface area contributed by atoms with Crippen LogP contribution in [0.2, 0.25) is 5.02 Å². The molecule has 0 spiro atoms. The van der Waals surface area contributed by atoms with Crippen LogP contribution in [0.4, 0.5) is 5.13 Å².